The highest BCUT2D eigenvalue weighted by molar-refractivity contribution is 4.75. The van der Waals surface area contributed by atoms with Gasteiger partial charge in [0.2, 0.25) is 5.54 Å². The Hall–Kier alpha value is -0.600. The highest BCUT2D eigenvalue weighted by atomic mass is 16.6. The zero-order chi connectivity index (χ0) is 9.28. The molecule has 0 N–H and O–H groups in total. The van der Waals surface area contributed by atoms with Crippen molar-refractivity contribution in [3.05, 3.63) is 10.1 Å². The Morgan fingerprint density at radius 1 is 1.18 bits per heavy atom. The first kappa shape index (κ1) is 10.4. The Labute approximate surface area is 67.9 Å². The lowest BCUT2D eigenvalue weighted by Gasteiger charge is -2.25. The summed E-state index contributed by atoms with van der Waals surface area (Å²) in [5.74, 6) is 0. The minimum Gasteiger partial charge on any atom is -0.264 e. The Bertz CT molecular complexity index is 156. The van der Waals surface area contributed by atoms with Gasteiger partial charge in [-0.15, -0.1) is 0 Å². The molecule has 0 aliphatic rings. The Morgan fingerprint density at radius 2 is 1.55 bits per heavy atom. The van der Waals surface area contributed by atoms with Crippen molar-refractivity contribution in [3.8, 4) is 0 Å². The third-order valence-corrected chi connectivity index (χ3v) is 1.46. The fourth-order valence-electron chi connectivity index (χ4n) is 1.36. The number of nitrogens with zero attached hydrogens (tertiary/aromatic N) is 1. The van der Waals surface area contributed by atoms with E-state index in [2.05, 4.69) is 0 Å². The average molecular weight is 159 g/mol. The normalized spacial score (nSPS) is 13.2. The van der Waals surface area contributed by atoms with Crippen LogP contribution in [0.1, 0.15) is 41.0 Å². The molecule has 0 aliphatic heterocycles. The zero-order valence-electron chi connectivity index (χ0n) is 7.97. The smallest absolute Gasteiger partial charge is 0.217 e. The molecule has 0 aromatic carbocycles. The van der Waals surface area contributed by atoms with Crippen molar-refractivity contribution in [1.82, 2.24) is 0 Å². The van der Waals surface area contributed by atoms with E-state index in [-0.39, 0.29) is 10.3 Å². The molecule has 0 aliphatic carbocycles. The third-order valence-electron chi connectivity index (χ3n) is 1.46. The Morgan fingerprint density at radius 3 is 1.64 bits per heavy atom. The second kappa shape index (κ2) is 2.80. The minimum absolute atomic E-state index is 0.0244. The summed E-state index contributed by atoms with van der Waals surface area (Å²) in [5, 5.41) is 10.5. The molecular formula is C8H17NO2. The summed E-state index contributed by atoms with van der Waals surface area (Å²) < 4.78 is 0. The minimum atomic E-state index is -0.793. The fourth-order valence-corrected chi connectivity index (χ4v) is 1.36. The summed E-state index contributed by atoms with van der Waals surface area (Å²) in [5.41, 5.74) is -0.769. The van der Waals surface area contributed by atoms with Gasteiger partial charge < -0.3 is 0 Å². The lowest BCUT2D eigenvalue weighted by molar-refractivity contribution is -0.564. The number of hydrogen-bond acceptors (Lipinski definition) is 2. The van der Waals surface area contributed by atoms with Gasteiger partial charge in [-0.3, -0.25) is 10.1 Å². The molecule has 0 atom stereocenters. The molecule has 0 saturated carbocycles. The van der Waals surface area contributed by atoms with E-state index in [0.717, 1.165) is 0 Å². The summed E-state index contributed by atoms with van der Waals surface area (Å²) in [6.07, 6.45) is 0.604. The SMILES string of the molecule is CC(C)(C)CC(C)(C)[N+](=O)[O-]. The predicted molar refractivity (Wildman–Crippen MR) is 45.1 cm³/mol. The van der Waals surface area contributed by atoms with Gasteiger partial charge in [0.15, 0.2) is 0 Å². The van der Waals surface area contributed by atoms with Crippen molar-refractivity contribution < 1.29 is 4.92 Å². The maximum atomic E-state index is 10.5. The molecular weight excluding hydrogens is 142 g/mol. The highest BCUT2D eigenvalue weighted by Gasteiger charge is 2.35. The third kappa shape index (κ3) is 3.96. The van der Waals surface area contributed by atoms with Crippen LogP contribution in [-0.2, 0) is 0 Å². The van der Waals surface area contributed by atoms with Crippen LogP contribution in [-0.4, -0.2) is 10.5 Å². The summed E-state index contributed by atoms with van der Waals surface area (Å²) >= 11 is 0. The topological polar surface area (TPSA) is 43.1 Å². The summed E-state index contributed by atoms with van der Waals surface area (Å²) in [7, 11) is 0. The molecule has 3 nitrogen and oxygen atoms in total. The van der Waals surface area contributed by atoms with E-state index in [9.17, 15) is 10.1 Å². The van der Waals surface area contributed by atoms with Crippen LogP contribution in [0.25, 0.3) is 0 Å². The van der Waals surface area contributed by atoms with Crippen LogP contribution >= 0.6 is 0 Å². The van der Waals surface area contributed by atoms with Crippen LogP contribution < -0.4 is 0 Å². The van der Waals surface area contributed by atoms with Crippen molar-refractivity contribution >= 4 is 0 Å². The van der Waals surface area contributed by atoms with Gasteiger partial charge in [-0.1, -0.05) is 20.8 Å². The highest BCUT2D eigenvalue weighted by Crippen LogP contribution is 2.28. The van der Waals surface area contributed by atoms with Crippen LogP contribution in [0.2, 0.25) is 0 Å². The molecule has 0 heterocycles. The van der Waals surface area contributed by atoms with Gasteiger partial charge in [-0.2, -0.15) is 0 Å². The van der Waals surface area contributed by atoms with E-state index in [1.807, 2.05) is 20.8 Å². The van der Waals surface area contributed by atoms with Crippen LogP contribution in [0.4, 0.5) is 0 Å². The van der Waals surface area contributed by atoms with E-state index >= 15 is 0 Å². The van der Waals surface area contributed by atoms with E-state index in [0.29, 0.717) is 6.42 Å². The molecule has 0 rings (SSSR count). The summed E-state index contributed by atoms with van der Waals surface area (Å²) in [6.45, 7) is 9.37. The van der Waals surface area contributed by atoms with E-state index in [1.165, 1.54) is 0 Å². The van der Waals surface area contributed by atoms with Gasteiger partial charge in [0.1, 0.15) is 0 Å². The molecule has 0 aromatic rings. The van der Waals surface area contributed by atoms with Crippen molar-refractivity contribution in [1.29, 1.82) is 0 Å². The lowest BCUT2D eigenvalue weighted by Crippen LogP contribution is -2.35. The predicted octanol–water partition coefficient (Wildman–Crippen LogP) is 2.48. The Balaban J connectivity index is 4.25. The molecule has 3 heteroatoms. The maximum Gasteiger partial charge on any atom is 0.217 e. The van der Waals surface area contributed by atoms with Crippen LogP contribution in [0.5, 0.6) is 0 Å². The first-order valence-electron chi connectivity index (χ1n) is 3.80. The second-order valence-electron chi connectivity index (χ2n) is 4.81. The van der Waals surface area contributed by atoms with Crippen molar-refractivity contribution in [2.45, 2.75) is 46.6 Å². The van der Waals surface area contributed by atoms with Crippen LogP contribution in [0, 0.1) is 15.5 Å². The largest absolute Gasteiger partial charge is 0.264 e. The number of hydrogen-bond donors (Lipinski definition) is 0. The molecule has 0 aromatic heterocycles. The quantitative estimate of drug-likeness (QED) is 0.459. The van der Waals surface area contributed by atoms with Gasteiger partial charge in [0.05, 0.1) is 0 Å². The maximum absolute atomic E-state index is 10.5. The monoisotopic (exact) mass is 159 g/mol. The van der Waals surface area contributed by atoms with Gasteiger partial charge in [-0.25, -0.2) is 0 Å². The standard InChI is InChI=1S/C8H17NO2/c1-7(2,3)6-8(4,5)9(10)11/h6H2,1-5H3. The molecule has 0 bridgehead atoms. The van der Waals surface area contributed by atoms with Crippen molar-refractivity contribution in [2.24, 2.45) is 5.41 Å². The van der Waals surface area contributed by atoms with E-state index < -0.39 is 5.54 Å². The van der Waals surface area contributed by atoms with Gasteiger partial charge in [-0.05, 0) is 5.41 Å². The van der Waals surface area contributed by atoms with Gasteiger partial charge in [0.25, 0.3) is 0 Å². The first-order chi connectivity index (χ1) is 4.65. The van der Waals surface area contributed by atoms with Crippen LogP contribution in [0.3, 0.4) is 0 Å². The van der Waals surface area contributed by atoms with Gasteiger partial charge in [0, 0.05) is 25.2 Å². The first-order valence-corrected chi connectivity index (χ1v) is 3.80. The van der Waals surface area contributed by atoms with Crippen molar-refractivity contribution in [3.63, 3.8) is 0 Å². The molecule has 66 valence electrons. The fraction of sp³-hybridized carbons (Fsp3) is 1.00. The molecule has 0 fully saturated rings. The molecule has 11 heavy (non-hydrogen) atoms. The summed E-state index contributed by atoms with van der Waals surface area (Å²) in [4.78, 5) is 10.3. The average Bonchev–Trinajstić information content (AvgIpc) is 1.56. The van der Waals surface area contributed by atoms with Crippen LogP contribution in [0.15, 0.2) is 0 Å². The summed E-state index contributed by atoms with van der Waals surface area (Å²) in [6, 6.07) is 0. The molecule has 0 saturated heterocycles. The molecule has 0 spiro atoms. The molecule has 0 unspecified atom stereocenters. The van der Waals surface area contributed by atoms with E-state index in [1.54, 1.807) is 13.8 Å². The van der Waals surface area contributed by atoms with E-state index in [4.69, 9.17) is 0 Å². The zero-order valence-corrected chi connectivity index (χ0v) is 7.97. The number of nitro groups is 1. The van der Waals surface area contributed by atoms with Crippen molar-refractivity contribution in [2.75, 3.05) is 0 Å². The van der Waals surface area contributed by atoms with Gasteiger partial charge >= 0.3 is 0 Å². The second-order valence-corrected chi connectivity index (χ2v) is 4.81. The lowest BCUT2D eigenvalue weighted by atomic mass is 9.82. The Kier molecular flexibility index (Phi) is 2.64. The number of rotatable bonds is 2. The molecule has 0 amide bonds. The molecule has 0 radical (unpaired) electrons.